The van der Waals surface area contributed by atoms with Crippen molar-refractivity contribution in [1.82, 2.24) is 24.4 Å². The van der Waals surface area contributed by atoms with E-state index in [9.17, 15) is 9.59 Å². The van der Waals surface area contributed by atoms with Gasteiger partial charge in [0.15, 0.2) is 11.5 Å². The molecule has 0 aliphatic carbocycles. The van der Waals surface area contributed by atoms with Crippen LogP contribution in [-0.4, -0.2) is 43.9 Å². The monoisotopic (exact) mass is 443 g/mol. The molecule has 1 N–H and O–H groups in total. The number of carbonyl (C=O) groups is 1. The standard InChI is InChI=1S/C26H29N5O2/c1-5-14-30(4)25(32)19-12-10-18(11-13-19)16-31-24-22(28-26(31)33)15-27-23(29-24)21-9-7-6-8-20(21)17(2)3/h6-13,15,17H,5,14,16H2,1-4H3,(H,28,33). The molecule has 0 saturated heterocycles. The molecule has 0 aliphatic heterocycles. The molecule has 7 heteroatoms. The molecule has 2 aromatic heterocycles. The molecule has 0 aliphatic rings. The second-order valence-corrected chi connectivity index (χ2v) is 8.61. The van der Waals surface area contributed by atoms with Crippen LogP contribution in [0.5, 0.6) is 0 Å². The summed E-state index contributed by atoms with van der Waals surface area (Å²) >= 11 is 0. The molecule has 4 aromatic rings. The minimum atomic E-state index is -0.239. The van der Waals surface area contributed by atoms with Crippen LogP contribution in [0.3, 0.4) is 0 Å². The maximum Gasteiger partial charge on any atom is 0.328 e. The molecule has 170 valence electrons. The SMILES string of the molecule is CCCN(C)C(=O)c1ccc(Cn2c(=O)[nH]c3cnc(-c4ccccc4C(C)C)nc32)cc1. The predicted molar refractivity (Wildman–Crippen MR) is 130 cm³/mol. The van der Waals surface area contributed by atoms with Crippen molar-refractivity contribution in [3.05, 3.63) is 81.9 Å². The zero-order chi connectivity index (χ0) is 23.5. The van der Waals surface area contributed by atoms with Crippen LogP contribution in [0.15, 0.2) is 59.5 Å². The first-order valence-electron chi connectivity index (χ1n) is 11.3. The Morgan fingerprint density at radius 2 is 1.85 bits per heavy atom. The molecule has 0 radical (unpaired) electrons. The lowest BCUT2D eigenvalue weighted by molar-refractivity contribution is 0.0795. The van der Waals surface area contributed by atoms with E-state index in [-0.39, 0.29) is 11.6 Å². The summed E-state index contributed by atoms with van der Waals surface area (Å²) in [6, 6.07) is 15.5. The molecular formula is C26H29N5O2. The number of fused-ring (bicyclic) bond motifs is 1. The van der Waals surface area contributed by atoms with Gasteiger partial charge in [-0.25, -0.2) is 14.8 Å². The van der Waals surface area contributed by atoms with E-state index in [1.54, 1.807) is 22.7 Å². The van der Waals surface area contributed by atoms with Crippen molar-refractivity contribution in [3.63, 3.8) is 0 Å². The highest BCUT2D eigenvalue weighted by atomic mass is 16.2. The number of amides is 1. The van der Waals surface area contributed by atoms with Gasteiger partial charge in [-0.15, -0.1) is 0 Å². The average Bonchev–Trinajstić information content (AvgIpc) is 3.13. The van der Waals surface area contributed by atoms with Gasteiger partial charge in [0.2, 0.25) is 0 Å². The smallest absolute Gasteiger partial charge is 0.328 e. The van der Waals surface area contributed by atoms with Crippen molar-refractivity contribution in [2.45, 2.75) is 39.7 Å². The molecule has 2 aromatic carbocycles. The van der Waals surface area contributed by atoms with E-state index in [4.69, 9.17) is 4.98 Å². The Morgan fingerprint density at radius 1 is 1.12 bits per heavy atom. The molecule has 0 bridgehead atoms. The van der Waals surface area contributed by atoms with Gasteiger partial charge in [0, 0.05) is 24.7 Å². The van der Waals surface area contributed by atoms with Crippen LogP contribution in [-0.2, 0) is 6.54 Å². The predicted octanol–water partition coefficient (Wildman–Crippen LogP) is 4.44. The number of carbonyl (C=O) groups excluding carboxylic acids is 1. The zero-order valence-electron chi connectivity index (χ0n) is 19.5. The van der Waals surface area contributed by atoms with Crippen LogP contribution in [0.1, 0.15) is 54.6 Å². The molecule has 2 heterocycles. The second-order valence-electron chi connectivity index (χ2n) is 8.61. The van der Waals surface area contributed by atoms with Crippen molar-refractivity contribution in [2.75, 3.05) is 13.6 Å². The van der Waals surface area contributed by atoms with Crippen molar-refractivity contribution in [1.29, 1.82) is 0 Å². The Labute approximate surface area is 193 Å². The summed E-state index contributed by atoms with van der Waals surface area (Å²) < 4.78 is 1.61. The van der Waals surface area contributed by atoms with Crippen LogP contribution >= 0.6 is 0 Å². The van der Waals surface area contributed by atoms with Gasteiger partial charge in [0.05, 0.1) is 12.7 Å². The first kappa shape index (κ1) is 22.5. The van der Waals surface area contributed by atoms with Gasteiger partial charge in [0.25, 0.3) is 5.91 Å². The maximum atomic E-state index is 12.7. The Kier molecular flexibility index (Phi) is 6.40. The van der Waals surface area contributed by atoms with Crippen molar-refractivity contribution in [3.8, 4) is 11.4 Å². The number of imidazole rings is 1. The van der Waals surface area contributed by atoms with E-state index in [1.807, 2.05) is 49.4 Å². The summed E-state index contributed by atoms with van der Waals surface area (Å²) in [7, 11) is 1.81. The summed E-state index contributed by atoms with van der Waals surface area (Å²) in [6.07, 6.45) is 2.58. The molecule has 1 amide bonds. The van der Waals surface area contributed by atoms with Crippen molar-refractivity contribution >= 4 is 17.1 Å². The summed E-state index contributed by atoms with van der Waals surface area (Å²) in [5, 5.41) is 0. The largest absolute Gasteiger partial charge is 0.342 e. The maximum absolute atomic E-state index is 12.7. The molecule has 4 rings (SSSR count). The Balaban J connectivity index is 1.67. The van der Waals surface area contributed by atoms with Gasteiger partial charge in [-0.1, -0.05) is 57.2 Å². The van der Waals surface area contributed by atoms with E-state index in [0.29, 0.717) is 41.6 Å². The molecule has 0 fully saturated rings. The fourth-order valence-corrected chi connectivity index (χ4v) is 4.02. The van der Waals surface area contributed by atoms with Crippen LogP contribution in [0.25, 0.3) is 22.6 Å². The van der Waals surface area contributed by atoms with Crippen molar-refractivity contribution < 1.29 is 4.79 Å². The highest BCUT2D eigenvalue weighted by molar-refractivity contribution is 5.94. The van der Waals surface area contributed by atoms with Gasteiger partial charge < -0.3 is 9.88 Å². The van der Waals surface area contributed by atoms with Gasteiger partial charge in [-0.2, -0.15) is 0 Å². The summed E-state index contributed by atoms with van der Waals surface area (Å²) in [4.78, 5) is 39.0. The summed E-state index contributed by atoms with van der Waals surface area (Å²) in [5.74, 6) is 0.917. The number of hydrogen-bond donors (Lipinski definition) is 1. The normalized spacial score (nSPS) is 11.3. The number of hydrogen-bond acceptors (Lipinski definition) is 4. The van der Waals surface area contributed by atoms with Gasteiger partial charge in [0.1, 0.15) is 5.52 Å². The number of aromatic amines is 1. The van der Waals surface area contributed by atoms with Crippen LogP contribution in [0, 0.1) is 0 Å². The van der Waals surface area contributed by atoms with Gasteiger partial charge in [-0.3, -0.25) is 9.36 Å². The van der Waals surface area contributed by atoms with Gasteiger partial charge >= 0.3 is 5.69 Å². The zero-order valence-corrected chi connectivity index (χ0v) is 19.5. The highest BCUT2D eigenvalue weighted by Crippen LogP contribution is 2.27. The molecule has 33 heavy (non-hydrogen) atoms. The summed E-state index contributed by atoms with van der Waals surface area (Å²) in [5.41, 5.74) is 4.59. The lowest BCUT2D eigenvalue weighted by Crippen LogP contribution is -2.27. The first-order chi connectivity index (χ1) is 15.9. The van der Waals surface area contributed by atoms with Crippen LogP contribution in [0.4, 0.5) is 0 Å². The fourth-order valence-electron chi connectivity index (χ4n) is 4.02. The quantitative estimate of drug-likeness (QED) is 0.458. The van der Waals surface area contributed by atoms with Gasteiger partial charge in [-0.05, 0) is 35.6 Å². The van der Waals surface area contributed by atoms with E-state index >= 15 is 0 Å². The van der Waals surface area contributed by atoms with E-state index < -0.39 is 0 Å². The van der Waals surface area contributed by atoms with Crippen LogP contribution < -0.4 is 5.69 Å². The average molecular weight is 444 g/mol. The first-order valence-corrected chi connectivity index (χ1v) is 11.3. The number of rotatable bonds is 7. The third kappa shape index (κ3) is 4.58. The third-order valence-electron chi connectivity index (χ3n) is 5.78. The van der Waals surface area contributed by atoms with Crippen molar-refractivity contribution in [2.24, 2.45) is 0 Å². The number of nitrogens with zero attached hydrogens (tertiary/aromatic N) is 4. The second kappa shape index (κ2) is 9.40. The van der Waals surface area contributed by atoms with Crippen LogP contribution in [0.2, 0.25) is 0 Å². The topological polar surface area (TPSA) is 83.9 Å². The van der Waals surface area contributed by atoms with E-state index in [0.717, 1.165) is 23.1 Å². The van der Waals surface area contributed by atoms with E-state index in [2.05, 4.69) is 29.9 Å². The minimum Gasteiger partial charge on any atom is -0.342 e. The number of nitrogens with one attached hydrogen (secondary N) is 1. The van der Waals surface area contributed by atoms with E-state index in [1.165, 1.54) is 0 Å². The Bertz CT molecular complexity index is 1340. The molecule has 0 atom stereocenters. The molecule has 7 nitrogen and oxygen atoms in total. The Hall–Kier alpha value is -3.74. The highest BCUT2D eigenvalue weighted by Gasteiger charge is 2.15. The molecule has 0 unspecified atom stereocenters. The molecule has 0 saturated carbocycles. The third-order valence-corrected chi connectivity index (χ3v) is 5.78. The number of aromatic nitrogens is 4. The Morgan fingerprint density at radius 3 is 2.55 bits per heavy atom. The fraction of sp³-hybridized carbons (Fsp3) is 0.308. The lowest BCUT2D eigenvalue weighted by atomic mass is 9.97. The molecular weight excluding hydrogens is 414 g/mol. The lowest BCUT2D eigenvalue weighted by Gasteiger charge is -2.16. The minimum absolute atomic E-state index is 0.00568. The number of H-pyrrole nitrogens is 1. The summed E-state index contributed by atoms with van der Waals surface area (Å²) in [6.45, 7) is 7.38. The molecule has 0 spiro atoms. The number of benzene rings is 2.